The number of carbonyl (C=O) groups excluding carboxylic acids is 1. The SMILES string of the molecule is COc1ccc2c(OCCn3nc(-n4cc(C=O)c5ccc(F)cc54)ccc3=O)ccnc2c1. The predicted octanol–water partition coefficient (Wildman–Crippen LogP) is 3.77. The Morgan fingerprint density at radius 3 is 2.74 bits per heavy atom. The van der Waals surface area contributed by atoms with Crippen LogP contribution in [0.1, 0.15) is 10.4 Å². The molecular weight excluding hydrogens is 439 g/mol. The number of aldehydes is 1. The molecule has 0 aliphatic carbocycles. The van der Waals surface area contributed by atoms with E-state index >= 15 is 0 Å². The molecule has 0 fully saturated rings. The Labute approximate surface area is 192 Å². The molecule has 0 unspecified atom stereocenters. The molecule has 0 bridgehead atoms. The van der Waals surface area contributed by atoms with Gasteiger partial charge in [-0.2, -0.15) is 5.10 Å². The lowest BCUT2D eigenvalue weighted by Gasteiger charge is -2.11. The van der Waals surface area contributed by atoms with Crippen molar-refractivity contribution in [2.75, 3.05) is 13.7 Å². The highest BCUT2D eigenvalue weighted by molar-refractivity contribution is 5.98. The minimum absolute atomic E-state index is 0.181. The summed E-state index contributed by atoms with van der Waals surface area (Å²) in [5.41, 5.74) is 1.30. The van der Waals surface area contributed by atoms with Crippen molar-refractivity contribution >= 4 is 28.1 Å². The summed E-state index contributed by atoms with van der Waals surface area (Å²) in [4.78, 5) is 28.2. The van der Waals surface area contributed by atoms with E-state index in [0.29, 0.717) is 40.1 Å². The van der Waals surface area contributed by atoms with Crippen molar-refractivity contribution in [3.63, 3.8) is 0 Å². The third-order valence-electron chi connectivity index (χ3n) is 5.50. The zero-order chi connectivity index (χ0) is 23.7. The van der Waals surface area contributed by atoms with Gasteiger partial charge in [0.1, 0.15) is 23.9 Å². The van der Waals surface area contributed by atoms with E-state index in [-0.39, 0.29) is 18.7 Å². The molecule has 0 atom stereocenters. The van der Waals surface area contributed by atoms with Gasteiger partial charge in [-0.25, -0.2) is 9.07 Å². The number of fused-ring (bicyclic) bond motifs is 2. The van der Waals surface area contributed by atoms with Gasteiger partial charge in [0.25, 0.3) is 5.56 Å². The third-order valence-corrected chi connectivity index (χ3v) is 5.50. The molecule has 5 aromatic rings. The number of ether oxygens (including phenoxy) is 2. The van der Waals surface area contributed by atoms with Crippen LogP contribution in [0.25, 0.3) is 27.6 Å². The van der Waals surface area contributed by atoms with E-state index in [1.165, 1.54) is 28.9 Å². The number of methoxy groups -OCH3 is 1. The standard InChI is InChI=1S/C25H19FN4O4/c1-33-18-3-5-20-21(13-18)27-9-8-23(20)34-11-10-30-25(32)7-6-24(28-30)29-14-16(15-31)19-4-2-17(26)12-22(19)29/h2-9,12-15H,10-11H2,1H3. The second-order valence-corrected chi connectivity index (χ2v) is 7.53. The van der Waals surface area contributed by atoms with Gasteiger partial charge in [-0.1, -0.05) is 0 Å². The normalized spacial score (nSPS) is 11.1. The number of halogens is 1. The molecule has 8 nitrogen and oxygen atoms in total. The maximum Gasteiger partial charge on any atom is 0.266 e. The lowest BCUT2D eigenvalue weighted by Crippen LogP contribution is -2.26. The summed E-state index contributed by atoms with van der Waals surface area (Å²) in [7, 11) is 1.59. The number of pyridine rings is 1. The topological polar surface area (TPSA) is 88.2 Å². The quantitative estimate of drug-likeness (QED) is 0.345. The molecule has 9 heteroatoms. The fourth-order valence-corrected chi connectivity index (χ4v) is 3.83. The lowest BCUT2D eigenvalue weighted by molar-refractivity contribution is 0.112. The van der Waals surface area contributed by atoms with Gasteiger partial charge in [-0.15, -0.1) is 0 Å². The molecule has 0 radical (unpaired) electrons. The fourth-order valence-electron chi connectivity index (χ4n) is 3.83. The summed E-state index contributed by atoms with van der Waals surface area (Å²) in [5.74, 6) is 1.26. The van der Waals surface area contributed by atoms with Gasteiger partial charge in [0.15, 0.2) is 12.1 Å². The second kappa shape index (κ2) is 8.78. The number of benzene rings is 2. The molecular formula is C25H19FN4O4. The van der Waals surface area contributed by atoms with Crippen LogP contribution in [-0.4, -0.2) is 39.3 Å². The molecule has 0 N–H and O–H groups in total. The minimum atomic E-state index is -0.437. The first-order valence-corrected chi connectivity index (χ1v) is 10.5. The Morgan fingerprint density at radius 1 is 1.06 bits per heavy atom. The lowest BCUT2D eigenvalue weighted by atomic mass is 10.2. The van der Waals surface area contributed by atoms with Crippen LogP contribution in [0, 0.1) is 5.82 Å². The Morgan fingerprint density at radius 2 is 1.91 bits per heavy atom. The molecule has 0 amide bonds. The number of nitrogens with zero attached hydrogens (tertiary/aromatic N) is 4. The van der Waals surface area contributed by atoms with Gasteiger partial charge in [-0.05, 0) is 42.5 Å². The highest BCUT2D eigenvalue weighted by atomic mass is 19.1. The highest BCUT2D eigenvalue weighted by Gasteiger charge is 2.13. The largest absolute Gasteiger partial charge is 0.497 e. The van der Waals surface area contributed by atoms with Crippen molar-refractivity contribution in [1.82, 2.24) is 19.3 Å². The van der Waals surface area contributed by atoms with Crippen LogP contribution in [0.4, 0.5) is 4.39 Å². The van der Waals surface area contributed by atoms with E-state index in [4.69, 9.17) is 9.47 Å². The molecule has 0 spiro atoms. The van der Waals surface area contributed by atoms with E-state index in [1.54, 1.807) is 36.2 Å². The van der Waals surface area contributed by atoms with Crippen LogP contribution < -0.4 is 15.0 Å². The molecule has 3 heterocycles. The van der Waals surface area contributed by atoms with Crippen molar-refractivity contribution in [2.24, 2.45) is 0 Å². The van der Waals surface area contributed by atoms with Crippen molar-refractivity contribution in [3.8, 4) is 17.3 Å². The van der Waals surface area contributed by atoms with Crippen molar-refractivity contribution < 1.29 is 18.7 Å². The van der Waals surface area contributed by atoms with Gasteiger partial charge in [-0.3, -0.25) is 19.1 Å². The average Bonchev–Trinajstić information content (AvgIpc) is 3.22. The predicted molar refractivity (Wildman–Crippen MR) is 124 cm³/mol. The zero-order valence-electron chi connectivity index (χ0n) is 18.1. The van der Waals surface area contributed by atoms with Gasteiger partial charge < -0.3 is 9.47 Å². The van der Waals surface area contributed by atoms with Crippen LogP contribution in [0.15, 0.2) is 71.8 Å². The Kier molecular flexibility index (Phi) is 5.51. The smallest absolute Gasteiger partial charge is 0.266 e. The molecule has 5 rings (SSSR count). The summed E-state index contributed by atoms with van der Waals surface area (Å²) in [6.07, 6.45) is 3.92. The van der Waals surface area contributed by atoms with Crippen LogP contribution in [-0.2, 0) is 6.54 Å². The average molecular weight is 458 g/mol. The van der Waals surface area contributed by atoms with Crippen molar-refractivity contribution in [1.29, 1.82) is 0 Å². The summed E-state index contributed by atoms with van der Waals surface area (Å²) in [6, 6.07) is 14.3. The van der Waals surface area contributed by atoms with E-state index in [2.05, 4.69) is 10.1 Å². The molecule has 0 aliphatic rings. The van der Waals surface area contributed by atoms with Crippen LogP contribution in [0.3, 0.4) is 0 Å². The first-order valence-electron chi connectivity index (χ1n) is 10.5. The molecule has 170 valence electrons. The minimum Gasteiger partial charge on any atom is -0.497 e. The Hall–Kier alpha value is -4.53. The molecule has 0 saturated carbocycles. The first kappa shape index (κ1) is 21.3. The summed E-state index contributed by atoms with van der Waals surface area (Å²) < 4.78 is 27.9. The van der Waals surface area contributed by atoms with E-state index in [0.717, 1.165) is 10.9 Å². The molecule has 34 heavy (non-hydrogen) atoms. The van der Waals surface area contributed by atoms with Crippen LogP contribution in [0.2, 0.25) is 0 Å². The number of hydrogen-bond acceptors (Lipinski definition) is 6. The zero-order valence-corrected chi connectivity index (χ0v) is 18.1. The van der Waals surface area contributed by atoms with E-state index in [1.807, 2.05) is 18.2 Å². The van der Waals surface area contributed by atoms with Gasteiger partial charge >= 0.3 is 0 Å². The van der Waals surface area contributed by atoms with E-state index in [9.17, 15) is 14.0 Å². The van der Waals surface area contributed by atoms with Crippen molar-refractivity contribution in [3.05, 3.63) is 88.7 Å². The summed E-state index contributed by atoms with van der Waals surface area (Å²) >= 11 is 0. The van der Waals surface area contributed by atoms with Crippen LogP contribution in [0.5, 0.6) is 11.5 Å². The number of hydrogen-bond donors (Lipinski definition) is 0. The Bertz CT molecular complexity index is 1590. The maximum atomic E-state index is 13.9. The first-order chi connectivity index (χ1) is 16.6. The summed E-state index contributed by atoms with van der Waals surface area (Å²) in [5, 5.41) is 5.82. The second-order valence-electron chi connectivity index (χ2n) is 7.53. The monoisotopic (exact) mass is 458 g/mol. The highest BCUT2D eigenvalue weighted by Crippen LogP contribution is 2.27. The molecule has 2 aromatic carbocycles. The Balaban J connectivity index is 1.41. The number of rotatable bonds is 7. The van der Waals surface area contributed by atoms with Gasteiger partial charge in [0.05, 0.1) is 24.7 Å². The van der Waals surface area contributed by atoms with Gasteiger partial charge in [0.2, 0.25) is 0 Å². The van der Waals surface area contributed by atoms with Gasteiger partial charge in [0, 0.05) is 40.9 Å². The number of carbonyl (C=O) groups is 1. The number of aromatic nitrogens is 4. The summed E-state index contributed by atoms with van der Waals surface area (Å²) in [6.45, 7) is 0.364. The fraction of sp³-hybridized carbons (Fsp3) is 0.120. The third kappa shape index (κ3) is 3.88. The maximum absolute atomic E-state index is 13.9. The molecule has 0 aliphatic heterocycles. The van der Waals surface area contributed by atoms with Crippen molar-refractivity contribution in [2.45, 2.75) is 6.54 Å². The molecule has 3 aromatic heterocycles. The van der Waals surface area contributed by atoms with E-state index < -0.39 is 5.82 Å². The van der Waals surface area contributed by atoms with Crippen LogP contribution >= 0.6 is 0 Å². The molecule has 0 saturated heterocycles.